The molecule has 5 heteroatoms. The Morgan fingerprint density at radius 2 is 2.17 bits per heavy atom. The first-order chi connectivity index (χ1) is 5.61. The van der Waals surface area contributed by atoms with E-state index in [1.165, 1.54) is 0 Å². The number of hydrogen-bond acceptors (Lipinski definition) is 3. The number of aliphatic carboxylic acids is 1. The monoisotopic (exact) mass is 174 g/mol. The van der Waals surface area contributed by atoms with E-state index in [0.29, 0.717) is 0 Å². The van der Waals surface area contributed by atoms with Crippen LogP contribution in [0.15, 0.2) is 0 Å². The number of nitrogens with two attached hydrogens (primary N) is 1. The molecule has 0 aromatic heterocycles. The van der Waals surface area contributed by atoms with Gasteiger partial charge in [-0.1, -0.05) is 6.92 Å². The van der Waals surface area contributed by atoms with E-state index in [-0.39, 0.29) is 25.3 Å². The molecule has 12 heavy (non-hydrogen) atoms. The Hall–Kier alpha value is -1.10. The topological polar surface area (TPSA) is 92.4 Å². The highest BCUT2D eigenvalue weighted by Crippen LogP contribution is 1.91. The summed E-state index contributed by atoms with van der Waals surface area (Å²) in [7, 11) is 0. The van der Waals surface area contributed by atoms with Gasteiger partial charge in [0.05, 0.1) is 0 Å². The first-order valence-electron chi connectivity index (χ1n) is 3.84. The quantitative estimate of drug-likeness (QED) is 0.514. The Kier molecular flexibility index (Phi) is 5.03. The lowest BCUT2D eigenvalue weighted by molar-refractivity contribution is -0.141. The molecule has 0 aromatic rings. The summed E-state index contributed by atoms with van der Waals surface area (Å²) in [5.74, 6) is -1.31. The molecule has 0 aliphatic heterocycles. The van der Waals surface area contributed by atoms with Gasteiger partial charge in [0.25, 0.3) is 0 Å². The molecule has 0 saturated heterocycles. The summed E-state index contributed by atoms with van der Waals surface area (Å²) in [6.07, 6.45) is 0.551. The standard InChI is InChI=1S/C7H14N2O3/c1-2-6(10)9-5(3-4-8)7(11)12/h5H,2-4,8H2,1H3,(H,9,10)(H,11,12)/t5-/m1/s1. The Balaban J connectivity index is 3.95. The van der Waals surface area contributed by atoms with Crippen molar-refractivity contribution in [2.45, 2.75) is 25.8 Å². The molecule has 4 N–H and O–H groups in total. The number of carbonyl (C=O) groups is 2. The summed E-state index contributed by atoms with van der Waals surface area (Å²) < 4.78 is 0. The van der Waals surface area contributed by atoms with Crippen LogP contribution in [0.2, 0.25) is 0 Å². The molecule has 1 atom stereocenters. The van der Waals surface area contributed by atoms with E-state index in [1.807, 2.05) is 0 Å². The van der Waals surface area contributed by atoms with Crippen LogP contribution in [0.25, 0.3) is 0 Å². The zero-order chi connectivity index (χ0) is 9.56. The second kappa shape index (κ2) is 5.54. The van der Waals surface area contributed by atoms with Crippen LogP contribution >= 0.6 is 0 Å². The maximum atomic E-state index is 10.8. The fourth-order valence-electron chi connectivity index (χ4n) is 0.720. The van der Waals surface area contributed by atoms with Crippen LogP contribution in [-0.2, 0) is 9.59 Å². The second-order valence-electron chi connectivity index (χ2n) is 2.39. The fourth-order valence-corrected chi connectivity index (χ4v) is 0.720. The number of carboxylic acid groups (broad SMARTS) is 1. The number of carboxylic acids is 1. The molecule has 0 radical (unpaired) electrons. The highest BCUT2D eigenvalue weighted by molar-refractivity contribution is 5.83. The van der Waals surface area contributed by atoms with E-state index >= 15 is 0 Å². The fraction of sp³-hybridized carbons (Fsp3) is 0.714. The molecule has 0 rings (SSSR count). The molecule has 0 heterocycles. The largest absolute Gasteiger partial charge is 0.480 e. The normalized spacial score (nSPS) is 12.2. The molecular weight excluding hydrogens is 160 g/mol. The lowest BCUT2D eigenvalue weighted by Crippen LogP contribution is -2.41. The Bertz CT molecular complexity index is 168. The van der Waals surface area contributed by atoms with Crippen molar-refractivity contribution in [3.63, 3.8) is 0 Å². The highest BCUT2D eigenvalue weighted by Gasteiger charge is 2.17. The number of hydrogen-bond donors (Lipinski definition) is 3. The summed E-state index contributed by atoms with van der Waals surface area (Å²) in [5, 5.41) is 10.9. The molecule has 70 valence electrons. The molecule has 1 amide bonds. The van der Waals surface area contributed by atoms with E-state index in [4.69, 9.17) is 10.8 Å². The van der Waals surface area contributed by atoms with E-state index in [9.17, 15) is 9.59 Å². The molecule has 0 unspecified atom stereocenters. The first kappa shape index (κ1) is 10.9. The van der Waals surface area contributed by atoms with Gasteiger partial charge in [-0.05, 0) is 13.0 Å². The van der Waals surface area contributed by atoms with E-state index in [2.05, 4.69) is 5.32 Å². The summed E-state index contributed by atoms with van der Waals surface area (Å²) in [4.78, 5) is 21.3. The van der Waals surface area contributed by atoms with Crippen molar-refractivity contribution in [3.8, 4) is 0 Å². The predicted molar refractivity (Wildman–Crippen MR) is 43.5 cm³/mol. The smallest absolute Gasteiger partial charge is 0.326 e. The molecule has 0 fully saturated rings. The van der Waals surface area contributed by atoms with Crippen LogP contribution < -0.4 is 11.1 Å². The van der Waals surface area contributed by atoms with Crippen LogP contribution in [0, 0.1) is 0 Å². The van der Waals surface area contributed by atoms with E-state index in [0.717, 1.165) is 0 Å². The van der Waals surface area contributed by atoms with Crippen molar-refractivity contribution >= 4 is 11.9 Å². The maximum absolute atomic E-state index is 10.8. The lowest BCUT2D eigenvalue weighted by atomic mass is 10.2. The van der Waals surface area contributed by atoms with Crippen LogP contribution in [0.4, 0.5) is 0 Å². The first-order valence-corrected chi connectivity index (χ1v) is 3.84. The highest BCUT2D eigenvalue weighted by atomic mass is 16.4. The van der Waals surface area contributed by atoms with Gasteiger partial charge in [-0.15, -0.1) is 0 Å². The number of nitrogens with one attached hydrogen (secondary N) is 1. The lowest BCUT2D eigenvalue weighted by Gasteiger charge is -2.11. The molecule has 0 bridgehead atoms. The van der Waals surface area contributed by atoms with Gasteiger partial charge in [0.2, 0.25) is 5.91 Å². The number of carbonyl (C=O) groups excluding carboxylic acids is 1. The average Bonchev–Trinajstić information content (AvgIpc) is 2.03. The summed E-state index contributed by atoms with van der Waals surface area (Å²) in [5.41, 5.74) is 5.17. The van der Waals surface area contributed by atoms with Crippen LogP contribution in [-0.4, -0.2) is 29.6 Å². The van der Waals surface area contributed by atoms with Crippen molar-refractivity contribution in [1.29, 1.82) is 0 Å². The number of rotatable bonds is 5. The van der Waals surface area contributed by atoms with Crippen molar-refractivity contribution in [3.05, 3.63) is 0 Å². The van der Waals surface area contributed by atoms with Crippen LogP contribution in [0.3, 0.4) is 0 Å². The predicted octanol–water partition coefficient (Wildman–Crippen LogP) is -0.685. The van der Waals surface area contributed by atoms with E-state index < -0.39 is 12.0 Å². The summed E-state index contributed by atoms with van der Waals surface area (Å²) in [6, 6.07) is -0.845. The minimum Gasteiger partial charge on any atom is -0.480 e. The maximum Gasteiger partial charge on any atom is 0.326 e. The molecule has 0 spiro atoms. The molecule has 0 aromatic carbocycles. The summed E-state index contributed by atoms with van der Waals surface area (Å²) >= 11 is 0. The minimum absolute atomic E-state index is 0.251. The molecule has 0 aliphatic rings. The third-order valence-electron chi connectivity index (χ3n) is 1.41. The van der Waals surface area contributed by atoms with Gasteiger partial charge in [-0.2, -0.15) is 0 Å². The Morgan fingerprint density at radius 1 is 1.58 bits per heavy atom. The van der Waals surface area contributed by atoms with Crippen molar-refractivity contribution in [2.24, 2.45) is 5.73 Å². The average molecular weight is 174 g/mol. The van der Waals surface area contributed by atoms with Crippen LogP contribution in [0.5, 0.6) is 0 Å². The molecule has 5 nitrogen and oxygen atoms in total. The van der Waals surface area contributed by atoms with Crippen molar-refractivity contribution < 1.29 is 14.7 Å². The third kappa shape index (κ3) is 3.92. The zero-order valence-electron chi connectivity index (χ0n) is 7.04. The van der Waals surface area contributed by atoms with Gasteiger partial charge in [-0.25, -0.2) is 4.79 Å². The van der Waals surface area contributed by atoms with Gasteiger partial charge in [0.15, 0.2) is 0 Å². The summed E-state index contributed by atoms with van der Waals surface area (Å²) in [6.45, 7) is 1.91. The zero-order valence-corrected chi connectivity index (χ0v) is 7.04. The molecule has 0 saturated carbocycles. The Labute approximate surface area is 70.9 Å². The van der Waals surface area contributed by atoms with Crippen LogP contribution in [0.1, 0.15) is 19.8 Å². The van der Waals surface area contributed by atoms with Gasteiger partial charge in [0.1, 0.15) is 6.04 Å². The molecular formula is C7H14N2O3. The molecule has 0 aliphatic carbocycles. The Morgan fingerprint density at radius 3 is 2.50 bits per heavy atom. The van der Waals surface area contributed by atoms with Crippen molar-refractivity contribution in [1.82, 2.24) is 5.32 Å². The van der Waals surface area contributed by atoms with Gasteiger partial charge >= 0.3 is 5.97 Å². The van der Waals surface area contributed by atoms with Gasteiger partial charge in [0, 0.05) is 6.42 Å². The number of amides is 1. The van der Waals surface area contributed by atoms with Crippen molar-refractivity contribution in [2.75, 3.05) is 6.54 Å². The minimum atomic E-state index is -1.04. The SMILES string of the molecule is CCC(=O)N[C@H](CCN)C(=O)O. The van der Waals surface area contributed by atoms with E-state index in [1.54, 1.807) is 6.92 Å². The second-order valence-corrected chi connectivity index (χ2v) is 2.39. The third-order valence-corrected chi connectivity index (χ3v) is 1.41. The van der Waals surface area contributed by atoms with Gasteiger partial charge in [-0.3, -0.25) is 4.79 Å². The van der Waals surface area contributed by atoms with Gasteiger partial charge < -0.3 is 16.2 Å².